The Hall–Kier alpha value is -3.34. The number of aryl methyl sites for hydroxylation is 2. The van der Waals surface area contributed by atoms with E-state index in [9.17, 15) is 4.79 Å². The van der Waals surface area contributed by atoms with Crippen LogP contribution in [0.5, 0.6) is 0 Å². The standard InChI is InChI=1S/C23H24N4O/c24-23(26-21-12-11-19-4-3-5-20(19)14-21)25-15-17-7-9-18(10-8-17)16-27-13-2-1-6-22(27)28/h1-2,6-14H,3-5,15-16H2,(H3,24,25,26). The highest BCUT2D eigenvalue weighted by molar-refractivity contribution is 5.92. The highest BCUT2D eigenvalue weighted by Crippen LogP contribution is 2.24. The number of aromatic nitrogens is 1. The lowest BCUT2D eigenvalue weighted by molar-refractivity contribution is 0.759. The third-order valence-corrected chi connectivity index (χ3v) is 5.08. The van der Waals surface area contributed by atoms with E-state index in [2.05, 4.69) is 28.5 Å². The van der Waals surface area contributed by atoms with Crippen LogP contribution in [-0.2, 0) is 25.9 Å². The van der Waals surface area contributed by atoms with Crippen molar-refractivity contribution < 1.29 is 0 Å². The number of hydrogen-bond donors (Lipinski definition) is 2. The Bertz CT molecular complexity index is 1050. The van der Waals surface area contributed by atoms with Crippen molar-refractivity contribution in [3.05, 3.63) is 99.5 Å². The first-order valence-electron chi connectivity index (χ1n) is 9.59. The molecule has 0 saturated heterocycles. The minimum Gasteiger partial charge on any atom is -0.370 e. The maximum Gasteiger partial charge on any atom is 0.250 e. The second kappa shape index (κ2) is 8.13. The van der Waals surface area contributed by atoms with Gasteiger partial charge in [-0.05, 0) is 59.7 Å². The van der Waals surface area contributed by atoms with Crippen LogP contribution < -0.4 is 16.6 Å². The summed E-state index contributed by atoms with van der Waals surface area (Å²) in [6, 6.07) is 19.7. The molecule has 142 valence electrons. The summed E-state index contributed by atoms with van der Waals surface area (Å²) < 4.78 is 1.69. The fraction of sp³-hybridized carbons (Fsp3) is 0.217. The molecule has 4 rings (SSSR count). The number of rotatable bonds is 5. The van der Waals surface area contributed by atoms with Gasteiger partial charge in [-0.2, -0.15) is 0 Å². The zero-order valence-corrected chi connectivity index (χ0v) is 15.8. The number of nitrogens with zero attached hydrogens (tertiary/aromatic N) is 2. The van der Waals surface area contributed by atoms with Gasteiger partial charge >= 0.3 is 0 Å². The number of nitrogens with one attached hydrogen (secondary N) is 1. The Labute approximate surface area is 164 Å². The Morgan fingerprint density at radius 1 is 1.00 bits per heavy atom. The van der Waals surface area contributed by atoms with Gasteiger partial charge in [0.2, 0.25) is 0 Å². The van der Waals surface area contributed by atoms with Gasteiger partial charge in [0.15, 0.2) is 5.96 Å². The fourth-order valence-corrected chi connectivity index (χ4v) is 3.55. The van der Waals surface area contributed by atoms with Crippen molar-refractivity contribution in [2.45, 2.75) is 32.4 Å². The van der Waals surface area contributed by atoms with Crippen molar-refractivity contribution in [3.63, 3.8) is 0 Å². The van der Waals surface area contributed by atoms with Gasteiger partial charge in [0.05, 0.1) is 13.1 Å². The lowest BCUT2D eigenvalue weighted by atomic mass is 10.1. The maximum atomic E-state index is 11.8. The summed E-state index contributed by atoms with van der Waals surface area (Å²) in [5.74, 6) is 0.415. The first-order valence-corrected chi connectivity index (χ1v) is 9.59. The smallest absolute Gasteiger partial charge is 0.250 e. The highest BCUT2D eigenvalue weighted by atomic mass is 16.1. The molecular weight excluding hydrogens is 348 g/mol. The van der Waals surface area contributed by atoms with Crippen LogP contribution in [0.25, 0.3) is 0 Å². The predicted molar refractivity (Wildman–Crippen MR) is 114 cm³/mol. The van der Waals surface area contributed by atoms with E-state index in [0.717, 1.165) is 23.2 Å². The van der Waals surface area contributed by atoms with E-state index in [0.29, 0.717) is 19.0 Å². The molecule has 0 radical (unpaired) electrons. The van der Waals surface area contributed by atoms with E-state index in [-0.39, 0.29) is 5.56 Å². The van der Waals surface area contributed by atoms with Crippen LogP contribution in [0.3, 0.4) is 0 Å². The van der Waals surface area contributed by atoms with Gasteiger partial charge in [0.1, 0.15) is 0 Å². The Morgan fingerprint density at radius 3 is 2.61 bits per heavy atom. The molecule has 5 heteroatoms. The molecule has 28 heavy (non-hydrogen) atoms. The molecule has 0 amide bonds. The number of benzene rings is 2. The van der Waals surface area contributed by atoms with Gasteiger partial charge in [-0.1, -0.05) is 36.4 Å². The molecule has 0 unspecified atom stereocenters. The lowest BCUT2D eigenvalue weighted by Crippen LogP contribution is -2.22. The summed E-state index contributed by atoms with van der Waals surface area (Å²) in [6.07, 6.45) is 5.35. The molecule has 3 N–H and O–H groups in total. The van der Waals surface area contributed by atoms with Crippen LogP contribution in [0.2, 0.25) is 0 Å². The van der Waals surface area contributed by atoms with Gasteiger partial charge in [-0.15, -0.1) is 0 Å². The molecule has 3 aromatic rings. The van der Waals surface area contributed by atoms with Crippen molar-refractivity contribution in [2.24, 2.45) is 10.7 Å². The Kier molecular flexibility index (Phi) is 5.24. The van der Waals surface area contributed by atoms with Crippen molar-refractivity contribution in [1.82, 2.24) is 4.57 Å². The molecule has 0 spiro atoms. The predicted octanol–water partition coefficient (Wildman–Crippen LogP) is 3.31. The molecule has 0 saturated carbocycles. The summed E-state index contributed by atoms with van der Waals surface area (Å²) in [4.78, 5) is 16.2. The molecular formula is C23H24N4O. The van der Waals surface area contributed by atoms with Gasteiger partial charge in [0.25, 0.3) is 5.56 Å². The molecule has 0 fully saturated rings. The minimum atomic E-state index is 0.00146. The first kappa shape index (κ1) is 18.0. The van der Waals surface area contributed by atoms with Gasteiger partial charge in [-0.3, -0.25) is 4.79 Å². The molecule has 0 atom stereocenters. The largest absolute Gasteiger partial charge is 0.370 e. The number of anilines is 1. The van der Waals surface area contributed by atoms with Crippen LogP contribution in [0.4, 0.5) is 5.69 Å². The van der Waals surface area contributed by atoms with Crippen LogP contribution in [0.1, 0.15) is 28.7 Å². The second-order valence-electron chi connectivity index (χ2n) is 7.15. The van der Waals surface area contributed by atoms with Crippen LogP contribution in [-0.4, -0.2) is 10.5 Å². The van der Waals surface area contributed by atoms with Gasteiger partial charge in [0, 0.05) is 18.0 Å². The lowest BCUT2D eigenvalue weighted by Gasteiger charge is -2.08. The summed E-state index contributed by atoms with van der Waals surface area (Å²) in [5, 5.41) is 3.18. The number of fused-ring (bicyclic) bond motifs is 1. The summed E-state index contributed by atoms with van der Waals surface area (Å²) in [5.41, 5.74) is 12.0. The quantitative estimate of drug-likeness (QED) is 0.533. The third-order valence-electron chi connectivity index (χ3n) is 5.08. The number of guanidine groups is 1. The number of pyridine rings is 1. The van der Waals surface area contributed by atoms with E-state index in [1.807, 2.05) is 30.3 Å². The monoisotopic (exact) mass is 372 g/mol. The summed E-state index contributed by atoms with van der Waals surface area (Å²) in [6.45, 7) is 1.07. The van der Waals surface area contributed by atoms with Crippen molar-refractivity contribution in [1.29, 1.82) is 0 Å². The van der Waals surface area contributed by atoms with E-state index < -0.39 is 0 Å². The van der Waals surface area contributed by atoms with Crippen molar-refractivity contribution in [2.75, 3.05) is 5.32 Å². The Morgan fingerprint density at radius 2 is 1.79 bits per heavy atom. The SMILES string of the molecule is NC(=NCc1ccc(Cn2ccccc2=O)cc1)Nc1ccc2c(c1)CCC2. The van der Waals surface area contributed by atoms with E-state index >= 15 is 0 Å². The normalized spacial score (nSPS) is 13.4. The average molecular weight is 372 g/mol. The molecule has 5 nitrogen and oxygen atoms in total. The fourth-order valence-electron chi connectivity index (χ4n) is 3.55. The highest BCUT2D eigenvalue weighted by Gasteiger charge is 2.10. The van der Waals surface area contributed by atoms with Crippen LogP contribution in [0.15, 0.2) is 76.6 Å². The minimum absolute atomic E-state index is 0.00146. The average Bonchev–Trinajstić information content (AvgIpc) is 3.17. The number of aliphatic imine (C=N–C) groups is 1. The van der Waals surface area contributed by atoms with Crippen LogP contribution in [0, 0.1) is 0 Å². The summed E-state index contributed by atoms with van der Waals surface area (Å²) in [7, 11) is 0. The maximum absolute atomic E-state index is 11.8. The molecule has 2 aromatic carbocycles. The van der Waals surface area contributed by atoms with Crippen LogP contribution >= 0.6 is 0 Å². The molecule has 0 bridgehead atoms. The molecule has 0 aliphatic heterocycles. The summed E-state index contributed by atoms with van der Waals surface area (Å²) >= 11 is 0. The Balaban J connectivity index is 1.36. The van der Waals surface area contributed by atoms with Gasteiger partial charge in [-0.25, -0.2) is 4.99 Å². The number of nitrogens with two attached hydrogens (primary N) is 1. The zero-order valence-electron chi connectivity index (χ0n) is 15.8. The first-order chi connectivity index (χ1) is 13.7. The molecule has 1 heterocycles. The van der Waals surface area contributed by atoms with E-state index in [1.165, 1.54) is 24.0 Å². The van der Waals surface area contributed by atoms with E-state index in [4.69, 9.17) is 5.73 Å². The molecule has 1 aliphatic rings. The molecule has 1 aliphatic carbocycles. The van der Waals surface area contributed by atoms with Crippen molar-refractivity contribution in [3.8, 4) is 0 Å². The molecule has 1 aromatic heterocycles. The second-order valence-corrected chi connectivity index (χ2v) is 7.15. The zero-order chi connectivity index (χ0) is 19.3. The topological polar surface area (TPSA) is 72.4 Å². The van der Waals surface area contributed by atoms with Gasteiger partial charge < -0.3 is 15.6 Å². The third kappa shape index (κ3) is 4.31. The van der Waals surface area contributed by atoms with E-state index in [1.54, 1.807) is 22.9 Å². The van der Waals surface area contributed by atoms with Crippen molar-refractivity contribution >= 4 is 11.6 Å². The number of hydrogen-bond acceptors (Lipinski definition) is 2.